The molecule has 0 aliphatic carbocycles. The minimum atomic E-state index is -4.44. The maximum Gasteiger partial charge on any atom is 0.416 e. The minimum Gasteiger partial charge on any atom is -0.479 e. The summed E-state index contributed by atoms with van der Waals surface area (Å²) < 4.78 is 46.0. The molecule has 0 saturated carbocycles. The third-order valence-corrected chi connectivity index (χ3v) is 5.11. The van der Waals surface area contributed by atoms with Crippen LogP contribution in [0.1, 0.15) is 30.7 Å². The topological polar surface area (TPSA) is 64.3 Å². The second kappa shape index (κ2) is 8.36. The van der Waals surface area contributed by atoms with Crippen LogP contribution in [0.4, 0.5) is 13.2 Å². The lowest BCUT2D eigenvalue weighted by Gasteiger charge is -2.19. The van der Waals surface area contributed by atoms with Gasteiger partial charge in [-0.2, -0.15) is 18.3 Å². The summed E-state index contributed by atoms with van der Waals surface area (Å²) in [6.07, 6.45) is -4.44. The van der Waals surface area contributed by atoms with E-state index in [1.807, 2.05) is 0 Å². The van der Waals surface area contributed by atoms with Crippen molar-refractivity contribution in [2.75, 3.05) is 0 Å². The van der Waals surface area contributed by atoms with E-state index in [0.29, 0.717) is 33.2 Å². The van der Waals surface area contributed by atoms with Gasteiger partial charge >= 0.3 is 12.1 Å². The van der Waals surface area contributed by atoms with Crippen LogP contribution in [-0.4, -0.2) is 26.5 Å². The Morgan fingerprint density at radius 3 is 2.19 bits per heavy atom. The zero-order chi connectivity index (χ0) is 23.0. The Hall–Kier alpha value is -2.84. The monoisotopic (exact) mass is 452 g/mol. The van der Waals surface area contributed by atoms with E-state index >= 15 is 0 Å². The van der Waals surface area contributed by atoms with Crippen LogP contribution in [0.15, 0.2) is 48.5 Å². The lowest BCUT2D eigenvalue weighted by atomic mass is 10.0. The molecule has 0 amide bonds. The fraction of sp³-hybridized carbons (Fsp3) is 0.273. The van der Waals surface area contributed by atoms with Crippen molar-refractivity contribution in [3.63, 3.8) is 0 Å². The number of nitrogens with zero attached hydrogens (tertiary/aromatic N) is 2. The molecule has 0 radical (unpaired) electrons. The van der Waals surface area contributed by atoms with Gasteiger partial charge in [-0.25, -0.2) is 9.48 Å². The van der Waals surface area contributed by atoms with Gasteiger partial charge in [-0.05, 0) is 57.2 Å². The van der Waals surface area contributed by atoms with Crippen molar-refractivity contribution in [3.05, 3.63) is 70.4 Å². The summed E-state index contributed by atoms with van der Waals surface area (Å²) in [6.45, 7) is 4.54. The number of hydrogen-bond acceptors (Lipinski definition) is 3. The Kier molecular flexibility index (Phi) is 6.16. The Morgan fingerprint density at radius 1 is 1.10 bits per heavy atom. The van der Waals surface area contributed by atoms with E-state index in [0.717, 1.165) is 12.1 Å². The molecule has 0 fully saturated rings. The van der Waals surface area contributed by atoms with Crippen LogP contribution in [0, 0.1) is 6.92 Å². The smallest absolute Gasteiger partial charge is 0.416 e. The third kappa shape index (κ3) is 4.91. The maximum absolute atomic E-state index is 13.0. The summed E-state index contributed by atoms with van der Waals surface area (Å²) in [5.74, 6) is -1.12. The molecule has 5 nitrogen and oxygen atoms in total. The molecule has 0 atom stereocenters. The average molecular weight is 453 g/mol. The van der Waals surface area contributed by atoms with E-state index in [9.17, 15) is 23.1 Å². The van der Waals surface area contributed by atoms with Gasteiger partial charge in [-0.1, -0.05) is 23.7 Å². The van der Waals surface area contributed by atoms with Crippen LogP contribution in [0.25, 0.3) is 16.9 Å². The van der Waals surface area contributed by atoms with Crippen molar-refractivity contribution in [2.45, 2.75) is 39.2 Å². The molecule has 0 spiro atoms. The van der Waals surface area contributed by atoms with Gasteiger partial charge < -0.3 is 9.84 Å². The molecule has 0 unspecified atom stereocenters. The number of halogens is 4. The van der Waals surface area contributed by atoms with Crippen LogP contribution in [0.3, 0.4) is 0 Å². The summed E-state index contributed by atoms with van der Waals surface area (Å²) in [5.41, 5.74) is 0.698. The average Bonchev–Trinajstić information content (AvgIpc) is 3.02. The summed E-state index contributed by atoms with van der Waals surface area (Å²) >= 11 is 5.97. The largest absolute Gasteiger partial charge is 0.479 e. The van der Waals surface area contributed by atoms with Gasteiger partial charge in [0.05, 0.1) is 29.2 Å². The van der Waals surface area contributed by atoms with Crippen LogP contribution < -0.4 is 0 Å². The summed E-state index contributed by atoms with van der Waals surface area (Å²) in [7, 11) is 0. The quantitative estimate of drug-likeness (QED) is 0.505. The molecule has 164 valence electrons. The van der Waals surface area contributed by atoms with E-state index in [-0.39, 0.29) is 6.61 Å². The number of carbonyl (C=O) groups is 1. The number of carboxylic acids is 1. The lowest BCUT2D eigenvalue weighted by molar-refractivity contribution is -0.162. The van der Waals surface area contributed by atoms with Gasteiger partial charge in [-0.3, -0.25) is 0 Å². The van der Waals surface area contributed by atoms with Crippen molar-refractivity contribution >= 4 is 17.6 Å². The SMILES string of the molecule is Cc1c(COC(C)(C)C(=O)O)nn(-c2ccc(Cl)cc2)c1-c1ccc(C(F)(F)F)cc1. The number of aliphatic carboxylic acids is 1. The molecule has 3 rings (SSSR count). The second-order valence-electron chi connectivity index (χ2n) is 7.49. The predicted molar refractivity (Wildman–Crippen MR) is 110 cm³/mol. The van der Waals surface area contributed by atoms with Crippen LogP contribution in [0.2, 0.25) is 5.02 Å². The third-order valence-electron chi connectivity index (χ3n) is 4.86. The number of benzene rings is 2. The van der Waals surface area contributed by atoms with E-state index in [2.05, 4.69) is 5.10 Å². The number of carboxylic acid groups (broad SMARTS) is 1. The maximum atomic E-state index is 13.0. The van der Waals surface area contributed by atoms with Crippen molar-refractivity contribution in [1.29, 1.82) is 0 Å². The normalized spacial score (nSPS) is 12.2. The molecule has 0 saturated heterocycles. The zero-order valence-electron chi connectivity index (χ0n) is 17.0. The molecule has 9 heteroatoms. The lowest BCUT2D eigenvalue weighted by Crippen LogP contribution is -2.34. The molecule has 1 aromatic heterocycles. The second-order valence-corrected chi connectivity index (χ2v) is 7.92. The fourth-order valence-electron chi connectivity index (χ4n) is 2.91. The molecule has 3 aromatic rings. The van der Waals surface area contributed by atoms with Gasteiger partial charge in [0, 0.05) is 16.1 Å². The standard InChI is InChI=1S/C22H20ClF3N2O3/c1-13-18(12-31-21(2,3)20(29)30)27-28(17-10-8-16(23)9-11-17)19(13)14-4-6-15(7-5-14)22(24,25)26/h4-11H,12H2,1-3H3,(H,29,30). The fourth-order valence-corrected chi connectivity index (χ4v) is 3.04. The first-order valence-electron chi connectivity index (χ1n) is 9.29. The molecule has 2 aromatic carbocycles. The molecule has 0 aliphatic heterocycles. The van der Waals surface area contributed by atoms with Crippen molar-refractivity contribution in [1.82, 2.24) is 9.78 Å². The van der Waals surface area contributed by atoms with E-state index in [4.69, 9.17) is 16.3 Å². The first kappa shape index (κ1) is 22.8. The summed E-state index contributed by atoms with van der Waals surface area (Å²) in [6, 6.07) is 11.6. The minimum absolute atomic E-state index is 0.0840. The highest BCUT2D eigenvalue weighted by Gasteiger charge is 2.31. The number of aromatic nitrogens is 2. The molecule has 31 heavy (non-hydrogen) atoms. The molecule has 1 heterocycles. The van der Waals surface area contributed by atoms with Gasteiger partial charge in [0.2, 0.25) is 0 Å². The number of rotatable bonds is 6. The Balaban J connectivity index is 2.08. The highest BCUT2D eigenvalue weighted by Crippen LogP contribution is 2.34. The molecular weight excluding hydrogens is 433 g/mol. The Bertz CT molecular complexity index is 1090. The van der Waals surface area contributed by atoms with Crippen LogP contribution in [0.5, 0.6) is 0 Å². The first-order valence-corrected chi connectivity index (χ1v) is 9.67. The van der Waals surface area contributed by atoms with Crippen molar-refractivity contribution in [3.8, 4) is 16.9 Å². The van der Waals surface area contributed by atoms with Gasteiger partial charge in [-0.15, -0.1) is 0 Å². The zero-order valence-corrected chi connectivity index (χ0v) is 17.8. The van der Waals surface area contributed by atoms with Crippen molar-refractivity contribution in [2.24, 2.45) is 0 Å². The first-order chi connectivity index (χ1) is 14.4. The van der Waals surface area contributed by atoms with Gasteiger partial charge in [0.15, 0.2) is 5.60 Å². The Labute approximate surface area is 182 Å². The molecule has 0 bridgehead atoms. The predicted octanol–water partition coefficient (Wildman–Crippen LogP) is 5.90. The van der Waals surface area contributed by atoms with Crippen molar-refractivity contribution < 1.29 is 27.8 Å². The van der Waals surface area contributed by atoms with Crippen LogP contribution in [-0.2, 0) is 22.3 Å². The molecular formula is C22H20ClF3N2O3. The van der Waals surface area contributed by atoms with Gasteiger partial charge in [0.1, 0.15) is 0 Å². The molecule has 0 aliphatic rings. The highest BCUT2D eigenvalue weighted by atomic mass is 35.5. The Morgan fingerprint density at radius 2 is 1.68 bits per heavy atom. The summed E-state index contributed by atoms with van der Waals surface area (Å²) in [4.78, 5) is 11.3. The number of ether oxygens (including phenoxy) is 1. The summed E-state index contributed by atoms with van der Waals surface area (Å²) in [5, 5.41) is 14.3. The van der Waals surface area contributed by atoms with E-state index in [1.54, 1.807) is 35.9 Å². The van der Waals surface area contributed by atoms with E-state index < -0.39 is 23.3 Å². The van der Waals surface area contributed by atoms with Crippen LogP contribution >= 0.6 is 11.6 Å². The number of hydrogen-bond donors (Lipinski definition) is 1. The van der Waals surface area contributed by atoms with E-state index in [1.165, 1.54) is 26.0 Å². The molecule has 1 N–H and O–H groups in total. The number of alkyl halides is 3. The highest BCUT2D eigenvalue weighted by molar-refractivity contribution is 6.30. The van der Waals surface area contributed by atoms with Gasteiger partial charge in [0.25, 0.3) is 0 Å².